The zero-order valence-electron chi connectivity index (χ0n) is 15.0. The van der Waals surface area contributed by atoms with Crippen molar-refractivity contribution in [1.82, 2.24) is 9.55 Å². The minimum absolute atomic E-state index is 0.0817. The van der Waals surface area contributed by atoms with Gasteiger partial charge in [-0.2, -0.15) is 0 Å². The maximum atomic E-state index is 12.7. The van der Waals surface area contributed by atoms with Crippen LogP contribution in [0.5, 0.6) is 5.75 Å². The van der Waals surface area contributed by atoms with Gasteiger partial charge in [0.1, 0.15) is 16.4 Å². The van der Waals surface area contributed by atoms with Crippen molar-refractivity contribution >= 4 is 21.6 Å². The van der Waals surface area contributed by atoms with Gasteiger partial charge in [0.15, 0.2) is 0 Å². The molecule has 3 rings (SSSR count). The van der Waals surface area contributed by atoms with Gasteiger partial charge in [-0.15, -0.1) is 11.3 Å². The fourth-order valence-electron chi connectivity index (χ4n) is 2.88. The van der Waals surface area contributed by atoms with Crippen LogP contribution < -0.4 is 10.3 Å². The predicted octanol–water partition coefficient (Wildman–Crippen LogP) is 4.50. The third-order valence-corrected chi connectivity index (χ3v) is 5.54. The lowest BCUT2D eigenvalue weighted by Gasteiger charge is -2.11. The Kier molecular flexibility index (Phi) is 5.53. The smallest absolute Gasteiger partial charge is 0.262 e. The summed E-state index contributed by atoms with van der Waals surface area (Å²) in [5.41, 5.74) is 1.23. The van der Waals surface area contributed by atoms with Crippen LogP contribution in [0, 0.1) is 13.8 Å². The van der Waals surface area contributed by atoms with Crippen LogP contribution in [0.4, 0.5) is 0 Å². The van der Waals surface area contributed by atoms with Crippen molar-refractivity contribution in [3.05, 3.63) is 57.0 Å². The summed E-state index contributed by atoms with van der Waals surface area (Å²) in [5.74, 6) is 1.73. The number of thiophene rings is 1. The number of para-hydroxylation sites is 1. The summed E-state index contributed by atoms with van der Waals surface area (Å²) in [7, 11) is 0. The molecular formula is C20H24N2O2S. The van der Waals surface area contributed by atoms with E-state index in [4.69, 9.17) is 4.74 Å². The number of hydrogen-bond donors (Lipinski definition) is 0. The molecule has 2 aromatic heterocycles. The summed E-state index contributed by atoms with van der Waals surface area (Å²) >= 11 is 1.62. The maximum Gasteiger partial charge on any atom is 0.262 e. The van der Waals surface area contributed by atoms with Gasteiger partial charge in [0, 0.05) is 11.4 Å². The fourth-order valence-corrected chi connectivity index (χ4v) is 3.88. The van der Waals surface area contributed by atoms with Crippen LogP contribution in [0.3, 0.4) is 0 Å². The topological polar surface area (TPSA) is 44.1 Å². The van der Waals surface area contributed by atoms with Gasteiger partial charge >= 0.3 is 0 Å². The van der Waals surface area contributed by atoms with Crippen LogP contribution >= 0.6 is 11.3 Å². The van der Waals surface area contributed by atoms with E-state index in [1.807, 2.05) is 44.2 Å². The van der Waals surface area contributed by atoms with Gasteiger partial charge < -0.3 is 4.74 Å². The summed E-state index contributed by atoms with van der Waals surface area (Å²) in [4.78, 5) is 19.4. The highest BCUT2D eigenvalue weighted by atomic mass is 32.1. The highest BCUT2D eigenvalue weighted by Gasteiger charge is 2.11. The number of nitrogens with zero attached hydrogens (tertiary/aromatic N) is 2. The van der Waals surface area contributed by atoms with Crippen LogP contribution in [-0.4, -0.2) is 16.2 Å². The van der Waals surface area contributed by atoms with Crippen LogP contribution in [0.25, 0.3) is 10.2 Å². The summed E-state index contributed by atoms with van der Waals surface area (Å²) < 4.78 is 7.62. The van der Waals surface area contributed by atoms with Crippen molar-refractivity contribution in [1.29, 1.82) is 0 Å². The minimum atomic E-state index is 0.0817. The van der Waals surface area contributed by atoms with E-state index in [0.29, 0.717) is 13.2 Å². The van der Waals surface area contributed by atoms with Crippen molar-refractivity contribution in [3.63, 3.8) is 0 Å². The van der Waals surface area contributed by atoms with E-state index in [1.165, 1.54) is 4.88 Å². The highest BCUT2D eigenvalue weighted by molar-refractivity contribution is 7.18. The minimum Gasteiger partial charge on any atom is -0.493 e. The molecule has 4 nitrogen and oxygen atoms in total. The van der Waals surface area contributed by atoms with E-state index < -0.39 is 0 Å². The van der Waals surface area contributed by atoms with Gasteiger partial charge in [0.25, 0.3) is 5.56 Å². The van der Waals surface area contributed by atoms with Crippen LogP contribution in [-0.2, 0) is 13.0 Å². The molecule has 0 aliphatic carbocycles. The van der Waals surface area contributed by atoms with Crippen molar-refractivity contribution in [2.24, 2.45) is 0 Å². The average Bonchev–Trinajstić information content (AvgIpc) is 3.02. The van der Waals surface area contributed by atoms with Crippen molar-refractivity contribution in [3.8, 4) is 5.75 Å². The van der Waals surface area contributed by atoms with Crippen molar-refractivity contribution in [2.75, 3.05) is 6.61 Å². The number of benzene rings is 1. The lowest BCUT2D eigenvalue weighted by atomic mass is 10.2. The first-order chi connectivity index (χ1) is 12.1. The van der Waals surface area contributed by atoms with Gasteiger partial charge in [-0.25, -0.2) is 4.98 Å². The number of aryl methyl sites for hydroxylation is 3. The Hall–Kier alpha value is -2.14. The van der Waals surface area contributed by atoms with Gasteiger partial charge in [-0.05, 0) is 50.8 Å². The van der Waals surface area contributed by atoms with E-state index in [-0.39, 0.29) is 5.56 Å². The molecule has 0 aliphatic heterocycles. The highest BCUT2D eigenvalue weighted by Crippen LogP contribution is 2.22. The monoisotopic (exact) mass is 356 g/mol. The van der Waals surface area contributed by atoms with Gasteiger partial charge in [0.05, 0.1) is 12.0 Å². The zero-order chi connectivity index (χ0) is 17.8. The van der Waals surface area contributed by atoms with Crippen LogP contribution in [0.15, 0.2) is 35.1 Å². The van der Waals surface area contributed by atoms with Crippen LogP contribution in [0.1, 0.15) is 36.0 Å². The molecule has 2 heterocycles. The largest absolute Gasteiger partial charge is 0.493 e. The average molecular weight is 356 g/mol. The molecule has 0 aliphatic rings. The number of fused-ring (bicyclic) bond motifs is 1. The molecule has 0 amide bonds. The second-order valence-corrected chi connectivity index (χ2v) is 7.34. The summed E-state index contributed by atoms with van der Waals surface area (Å²) in [6.07, 6.45) is 2.74. The molecule has 5 heteroatoms. The molecule has 0 saturated heterocycles. The Labute approximate surface area is 152 Å². The normalized spacial score (nSPS) is 11.2. The summed E-state index contributed by atoms with van der Waals surface area (Å²) in [6, 6.07) is 10.0. The summed E-state index contributed by atoms with van der Waals surface area (Å²) in [5, 5.41) is 0.753. The molecule has 0 atom stereocenters. The third kappa shape index (κ3) is 3.93. The molecule has 132 valence electrons. The lowest BCUT2D eigenvalue weighted by molar-refractivity contribution is 0.300. The molecule has 25 heavy (non-hydrogen) atoms. The quantitative estimate of drug-likeness (QED) is 0.586. The van der Waals surface area contributed by atoms with E-state index in [1.54, 1.807) is 15.9 Å². The molecular weight excluding hydrogens is 332 g/mol. The fraction of sp³-hybridized carbons (Fsp3) is 0.400. The van der Waals surface area contributed by atoms with E-state index >= 15 is 0 Å². The van der Waals surface area contributed by atoms with Gasteiger partial charge in [-0.1, -0.05) is 25.1 Å². The van der Waals surface area contributed by atoms with Crippen molar-refractivity contribution in [2.45, 2.75) is 46.6 Å². The molecule has 0 fully saturated rings. The van der Waals surface area contributed by atoms with E-state index in [2.05, 4.69) is 11.9 Å². The lowest BCUT2D eigenvalue weighted by Crippen LogP contribution is -2.23. The van der Waals surface area contributed by atoms with E-state index in [9.17, 15) is 4.79 Å². The molecule has 0 N–H and O–H groups in total. The molecule has 3 aromatic rings. The first kappa shape index (κ1) is 17.7. The first-order valence-corrected chi connectivity index (χ1v) is 9.60. The Morgan fingerprint density at radius 2 is 2.00 bits per heavy atom. The Balaban J connectivity index is 1.61. The summed E-state index contributed by atoms with van der Waals surface area (Å²) in [6.45, 7) is 7.40. The molecule has 0 radical (unpaired) electrons. The SMILES string of the molecule is CCc1cc2c(=O)n(CCCCOc3ccccc3C)c(C)nc2s1. The zero-order valence-corrected chi connectivity index (χ0v) is 15.9. The molecule has 1 aromatic carbocycles. The standard InChI is InChI=1S/C20H24N2O2S/c1-4-16-13-17-19(25-16)21-15(3)22(20(17)23)11-7-8-12-24-18-10-6-5-9-14(18)2/h5-6,9-10,13H,4,7-8,11-12H2,1-3H3. The van der Waals surface area contributed by atoms with Gasteiger partial charge in [-0.3, -0.25) is 9.36 Å². The van der Waals surface area contributed by atoms with Crippen molar-refractivity contribution < 1.29 is 4.74 Å². The first-order valence-electron chi connectivity index (χ1n) is 8.78. The molecule has 0 saturated carbocycles. The predicted molar refractivity (Wildman–Crippen MR) is 104 cm³/mol. The van der Waals surface area contributed by atoms with Gasteiger partial charge in [0.2, 0.25) is 0 Å². The Morgan fingerprint density at radius 3 is 2.76 bits per heavy atom. The number of unbranched alkanes of at least 4 members (excludes halogenated alkanes) is 1. The third-order valence-electron chi connectivity index (χ3n) is 4.37. The number of rotatable bonds is 7. The number of hydrogen-bond acceptors (Lipinski definition) is 4. The Bertz CT molecular complexity index is 927. The molecule has 0 spiro atoms. The van der Waals surface area contributed by atoms with Crippen LogP contribution in [0.2, 0.25) is 0 Å². The second-order valence-electron chi connectivity index (χ2n) is 6.22. The maximum absolute atomic E-state index is 12.7. The van der Waals surface area contributed by atoms with E-state index in [0.717, 1.165) is 46.6 Å². The second kappa shape index (κ2) is 7.83. The number of ether oxygens (including phenoxy) is 1. The molecule has 0 unspecified atom stereocenters. The Morgan fingerprint density at radius 1 is 1.20 bits per heavy atom. The molecule has 0 bridgehead atoms. The number of aromatic nitrogens is 2.